The van der Waals surface area contributed by atoms with Gasteiger partial charge in [0.15, 0.2) is 0 Å². The number of hydrogen-bond donors (Lipinski definition) is 0. The van der Waals surface area contributed by atoms with Crippen molar-refractivity contribution in [2.75, 3.05) is 0 Å². The second kappa shape index (κ2) is 5.75. The molecule has 0 fully saturated rings. The zero-order valence-corrected chi connectivity index (χ0v) is 14.0. The van der Waals surface area contributed by atoms with Crippen molar-refractivity contribution < 1.29 is 4.74 Å². The van der Waals surface area contributed by atoms with Crippen LogP contribution in [0.25, 0.3) is 0 Å². The summed E-state index contributed by atoms with van der Waals surface area (Å²) in [6.45, 7) is 15.7. The average molecular weight is 275 g/mol. The molecular formula is C18H29NO. The van der Waals surface area contributed by atoms with Gasteiger partial charge < -0.3 is 4.74 Å². The predicted octanol–water partition coefficient (Wildman–Crippen LogP) is 5.06. The van der Waals surface area contributed by atoms with Crippen LogP contribution >= 0.6 is 0 Å². The Hall–Kier alpha value is -1.05. The van der Waals surface area contributed by atoms with Crippen LogP contribution in [0.3, 0.4) is 0 Å². The first kappa shape index (κ1) is 15.3. The number of nitrogens with zero attached hydrogens (tertiary/aromatic N) is 1. The molecule has 0 N–H and O–H groups in total. The number of aromatic nitrogens is 1. The number of pyridine rings is 1. The lowest BCUT2D eigenvalue weighted by Crippen LogP contribution is -2.21. The Morgan fingerprint density at radius 1 is 1.20 bits per heavy atom. The molecule has 1 aliphatic heterocycles. The second-order valence-corrected chi connectivity index (χ2v) is 7.11. The maximum absolute atomic E-state index is 6.21. The molecule has 112 valence electrons. The van der Waals surface area contributed by atoms with E-state index in [-0.39, 0.29) is 6.10 Å². The smallest absolute Gasteiger partial charge is 0.217 e. The number of aryl methyl sites for hydroxylation is 1. The summed E-state index contributed by atoms with van der Waals surface area (Å²) < 4.78 is 6.21. The summed E-state index contributed by atoms with van der Waals surface area (Å²) in [5, 5.41) is 0. The van der Waals surface area contributed by atoms with Gasteiger partial charge in [-0.1, -0.05) is 34.6 Å². The Bertz CT molecular complexity index is 479. The minimum atomic E-state index is 0.242. The molecule has 1 aliphatic rings. The van der Waals surface area contributed by atoms with Crippen molar-refractivity contribution in [3.63, 3.8) is 0 Å². The molecule has 2 heterocycles. The number of rotatable bonds is 2. The Morgan fingerprint density at radius 2 is 1.85 bits per heavy atom. The monoisotopic (exact) mass is 275 g/mol. The predicted molar refractivity (Wildman–Crippen MR) is 84.5 cm³/mol. The molecule has 0 aromatic carbocycles. The zero-order valence-electron chi connectivity index (χ0n) is 14.0. The van der Waals surface area contributed by atoms with Gasteiger partial charge in [0.25, 0.3) is 0 Å². The highest BCUT2D eigenvalue weighted by molar-refractivity contribution is 5.42. The molecular weight excluding hydrogens is 246 g/mol. The Morgan fingerprint density at radius 3 is 2.40 bits per heavy atom. The Kier molecular flexibility index (Phi) is 4.41. The minimum Gasteiger partial charge on any atom is -0.474 e. The summed E-state index contributed by atoms with van der Waals surface area (Å²) in [7, 11) is 0. The van der Waals surface area contributed by atoms with E-state index in [0.717, 1.165) is 11.6 Å². The molecule has 2 rings (SSSR count). The lowest BCUT2D eigenvalue weighted by atomic mass is 9.78. The quantitative estimate of drug-likeness (QED) is 0.752. The standard InChI is InChI=1S/C18H29NO/c1-10(2)15-8-12(5)14(7)20-18-17(15)16(11(3)4)9-13(6)19-18/h9-12,14-15H,8H2,1-7H3/t12-,14-,15?/m1/s1. The molecule has 1 aromatic rings. The van der Waals surface area contributed by atoms with Gasteiger partial charge >= 0.3 is 0 Å². The van der Waals surface area contributed by atoms with Crippen LogP contribution in [0.4, 0.5) is 0 Å². The highest BCUT2D eigenvalue weighted by Gasteiger charge is 2.33. The van der Waals surface area contributed by atoms with Crippen LogP contribution < -0.4 is 4.74 Å². The average Bonchev–Trinajstić information content (AvgIpc) is 2.46. The minimum absolute atomic E-state index is 0.242. The summed E-state index contributed by atoms with van der Waals surface area (Å²) >= 11 is 0. The van der Waals surface area contributed by atoms with Gasteiger partial charge in [-0.05, 0) is 55.6 Å². The van der Waals surface area contributed by atoms with Crippen molar-refractivity contribution in [1.29, 1.82) is 0 Å². The fourth-order valence-electron chi connectivity index (χ4n) is 3.23. The van der Waals surface area contributed by atoms with Crippen molar-refractivity contribution in [2.24, 2.45) is 11.8 Å². The molecule has 0 aliphatic carbocycles. The normalized spacial score (nSPS) is 26.4. The molecule has 20 heavy (non-hydrogen) atoms. The van der Waals surface area contributed by atoms with Gasteiger partial charge in [-0.15, -0.1) is 0 Å². The number of ether oxygens (including phenoxy) is 1. The Labute approximate surface area is 124 Å². The van der Waals surface area contributed by atoms with Crippen LogP contribution in [0.5, 0.6) is 5.88 Å². The molecule has 0 saturated carbocycles. The van der Waals surface area contributed by atoms with Crippen LogP contribution in [-0.2, 0) is 0 Å². The summed E-state index contributed by atoms with van der Waals surface area (Å²) in [5.41, 5.74) is 3.86. The molecule has 1 unspecified atom stereocenters. The highest BCUT2D eigenvalue weighted by Crippen LogP contribution is 2.44. The van der Waals surface area contributed by atoms with E-state index in [1.165, 1.54) is 17.5 Å². The van der Waals surface area contributed by atoms with Gasteiger partial charge in [-0.25, -0.2) is 4.98 Å². The third-order valence-corrected chi connectivity index (χ3v) is 4.71. The van der Waals surface area contributed by atoms with Crippen molar-refractivity contribution in [3.8, 4) is 5.88 Å². The van der Waals surface area contributed by atoms with Crippen LogP contribution in [0.15, 0.2) is 6.07 Å². The summed E-state index contributed by atoms with van der Waals surface area (Å²) in [4.78, 5) is 4.71. The van der Waals surface area contributed by atoms with Gasteiger partial charge in [0.05, 0.1) is 0 Å². The van der Waals surface area contributed by atoms with Gasteiger partial charge in [0, 0.05) is 11.3 Å². The molecule has 0 saturated heterocycles. The molecule has 0 radical (unpaired) electrons. The van der Waals surface area contributed by atoms with Gasteiger partial charge in [-0.3, -0.25) is 0 Å². The fourth-order valence-corrected chi connectivity index (χ4v) is 3.23. The Balaban J connectivity index is 2.63. The molecule has 3 atom stereocenters. The van der Waals surface area contributed by atoms with E-state index in [1.54, 1.807) is 0 Å². The molecule has 0 spiro atoms. The summed E-state index contributed by atoms with van der Waals surface area (Å²) in [6.07, 6.45) is 1.43. The van der Waals surface area contributed by atoms with E-state index in [2.05, 4.69) is 54.5 Å². The lowest BCUT2D eigenvalue weighted by Gasteiger charge is -2.25. The largest absolute Gasteiger partial charge is 0.474 e. The molecule has 2 heteroatoms. The first-order valence-electron chi connectivity index (χ1n) is 7.99. The van der Waals surface area contributed by atoms with Crippen molar-refractivity contribution in [2.45, 2.75) is 72.8 Å². The van der Waals surface area contributed by atoms with E-state index in [0.29, 0.717) is 23.7 Å². The van der Waals surface area contributed by atoms with Crippen molar-refractivity contribution >= 4 is 0 Å². The second-order valence-electron chi connectivity index (χ2n) is 7.11. The summed E-state index contributed by atoms with van der Waals surface area (Å²) in [6, 6.07) is 2.25. The first-order chi connectivity index (χ1) is 9.31. The van der Waals surface area contributed by atoms with E-state index in [4.69, 9.17) is 9.72 Å². The van der Waals surface area contributed by atoms with Gasteiger partial charge in [0.2, 0.25) is 5.88 Å². The number of fused-ring (bicyclic) bond motifs is 1. The zero-order chi connectivity index (χ0) is 15.0. The van der Waals surface area contributed by atoms with Crippen molar-refractivity contribution in [3.05, 3.63) is 22.9 Å². The van der Waals surface area contributed by atoms with Gasteiger partial charge in [0.1, 0.15) is 6.10 Å². The SMILES string of the molecule is Cc1cc(C(C)C)c2c(n1)O[C@H](C)[C@H](C)CC2C(C)C. The molecule has 0 bridgehead atoms. The third-order valence-electron chi connectivity index (χ3n) is 4.71. The fraction of sp³-hybridized carbons (Fsp3) is 0.722. The molecule has 2 nitrogen and oxygen atoms in total. The van der Waals surface area contributed by atoms with Crippen LogP contribution in [0.2, 0.25) is 0 Å². The topological polar surface area (TPSA) is 22.1 Å². The van der Waals surface area contributed by atoms with Crippen LogP contribution in [0, 0.1) is 18.8 Å². The lowest BCUT2D eigenvalue weighted by molar-refractivity contribution is 0.154. The van der Waals surface area contributed by atoms with Crippen LogP contribution in [-0.4, -0.2) is 11.1 Å². The summed E-state index contributed by atoms with van der Waals surface area (Å²) in [5.74, 6) is 3.14. The molecule has 0 amide bonds. The third kappa shape index (κ3) is 2.84. The molecule has 1 aromatic heterocycles. The van der Waals surface area contributed by atoms with E-state index in [9.17, 15) is 0 Å². The highest BCUT2D eigenvalue weighted by atomic mass is 16.5. The number of hydrogen-bond acceptors (Lipinski definition) is 2. The van der Waals surface area contributed by atoms with Crippen LogP contribution in [0.1, 0.15) is 76.6 Å². The van der Waals surface area contributed by atoms with E-state index >= 15 is 0 Å². The maximum atomic E-state index is 6.21. The van der Waals surface area contributed by atoms with E-state index in [1.807, 2.05) is 0 Å². The van der Waals surface area contributed by atoms with Gasteiger partial charge in [-0.2, -0.15) is 0 Å². The van der Waals surface area contributed by atoms with E-state index < -0.39 is 0 Å². The van der Waals surface area contributed by atoms with Crippen molar-refractivity contribution in [1.82, 2.24) is 4.98 Å². The maximum Gasteiger partial charge on any atom is 0.217 e. The first-order valence-corrected chi connectivity index (χ1v) is 7.99.